The maximum atomic E-state index is 5.01. The summed E-state index contributed by atoms with van der Waals surface area (Å²) in [4.78, 5) is 9.97. The van der Waals surface area contributed by atoms with Gasteiger partial charge in [0, 0.05) is 16.7 Å². The van der Waals surface area contributed by atoms with Crippen molar-refractivity contribution in [3.05, 3.63) is 96.2 Å². The van der Waals surface area contributed by atoms with Gasteiger partial charge in [-0.1, -0.05) is 84.9 Å². The molecule has 0 atom stereocenters. The van der Waals surface area contributed by atoms with Crippen LogP contribution in [0, 0.1) is 0 Å². The quantitative estimate of drug-likeness (QED) is 0.478. The summed E-state index contributed by atoms with van der Waals surface area (Å²) in [5.41, 5.74) is 8.22. The van der Waals surface area contributed by atoms with E-state index in [9.17, 15) is 0 Å². The molecule has 0 saturated carbocycles. The van der Waals surface area contributed by atoms with E-state index in [4.69, 9.17) is 9.97 Å². The summed E-state index contributed by atoms with van der Waals surface area (Å²) >= 11 is 0. The molecule has 0 radical (unpaired) electrons. The molecular formula is C24H18N2. The first-order valence-electron chi connectivity index (χ1n) is 9.00. The lowest BCUT2D eigenvalue weighted by Gasteiger charge is -2.22. The molecule has 0 saturated heterocycles. The highest BCUT2D eigenvalue weighted by atomic mass is 14.9. The van der Waals surface area contributed by atoms with Crippen LogP contribution in [0.15, 0.2) is 84.9 Å². The highest BCUT2D eigenvalue weighted by Gasteiger charge is 2.23. The Morgan fingerprint density at radius 1 is 0.577 bits per heavy atom. The Bertz CT molecular complexity index is 1070. The van der Waals surface area contributed by atoms with Gasteiger partial charge in [0.25, 0.3) is 0 Å². The lowest BCUT2D eigenvalue weighted by Crippen LogP contribution is -2.10. The summed E-state index contributed by atoms with van der Waals surface area (Å²) in [5.74, 6) is 0.808. The Hall–Kier alpha value is -3.26. The van der Waals surface area contributed by atoms with Gasteiger partial charge in [-0.05, 0) is 24.0 Å². The normalized spacial score (nSPS) is 12.3. The fourth-order valence-corrected chi connectivity index (χ4v) is 3.73. The molecule has 124 valence electrons. The van der Waals surface area contributed by atoms with Crippen LogP contribution in [0.25, 0.3) is 33.8 Å². The summed E-state index contributed by atoms with van der Waals surface area (Å²) in [6, 6.07) is 29.3. The molecule has 3 aromatic carbocycles. The number of aryl methyl sites for hydroxylation is 2. The fraction of sp³-hybridized carbons (Fsp3) is 0.0833. The molecule has 0 bridgehead atoms. The molecule has 0 unspecified atom stereocenters. The zero-order valence-electron chi connectivity index (χ0n) is 14.4. The minimum atomic E-state index is 0.808. The van der Waals surface area contributed by atoms with E-state index in [0.717, 1.165) is 41.2 Å². The standard InChI is InChI=1S/C24H18N2/c1-3-10-18(11-4-1)23-22-20-14-8-7-9-17(20)15-16-21(22)25-24(26-23)19-12-5-2-6-13-19/h1-14H,15-16H2. The first kappa shape index (κ1) is 15.0. The number of hydrogen-bond donors (Lipinski definition) is 0. The van der Waals surface area contributed by atoms with Crippen molar-refractivity contribution in [3.8, 4) is 33.8 Å². The fourth-order valence-electron chi connectivity index (χ4n) is 3.73. The van der Waals surface area contributed by atoms with E-state index in [1.807, 2.05) is 24.3 Å². The second-order valence-corrected chi connectivity index (χ2v) is 6.61. The van der Waals surface area contributed by atoms with Crippen molar-refractivity contribution in [2.75, 3.05) is 0 Å². The van der Waals surface area contributed by atoms with Crippen molar-refractivity contribution in [1.82, 2.24) is 9.97 Å². The van der Waals surface area contributed by atoms with E-state index >= 15 is 0 Å². The summed E-state index contributed by atoms with van der Waals surface area (Å²) in [6.45, 7) is 0. The number of fused-ring (bicyclic) bond motifs is 3. The highest BCUT2D eigenvalue weighted by molar-refractivity contribution is 5.86. The molecule has 0 amide bonds. The van der Waals surface area contributed by atoms with E-state index in [0.29, 0.717) is 0 Å². The van der Waals surface area contributed by atoms with Gasteiger partial charge >= 0.3 is 0 Å². The van der Waals surface area contributed by atoms with Crippen LogP contribution in [0.3, 0.4) is 0 Å². The van der Waals surface area contributed by atoms with E-state index in [1.165, 1.54) is 16.7 Å². The number of nitrogens with zero attached hydrogens (tertiary/aromatic N) is 2. The molecule has 2 heteroatoms. The molecule has 1 aromatic heterocycles. The second kappa shape index (κ2) is 6.23. The first-order chi connectivity index (χ1) is 12.9. The van der Waals surface area contributed by atoms with Gasteiger partial charge in [0.1, 0.15) is 0 Å². The van der Waals surface area contributed by atoms with Crippen LogP contribution >= 0.6 is 0 Å². The van der Waals surface area contributed by atoms with Crippen molar-refractivity contribution in [3.63, 3.8) is 0 Å². The Morgan fingerprint density at radius 3 is 2.00 bits per heavy atom. The Labute approximate surface area is 153 Å². The van der Waals surface area contributed by atoms with Gasteiger partial charge in [-0.25, -0.2) is 9.97 Å². The van der Waals surface area contributed by atoms with Gasteiger partial charge < -0.3 is 0 Å². The van der Waals surface area contributed by atoms with Crippen molar-refractivity contribution in [1.29, 1.82) is 0 Å². The molecule has 0 fully saturated rings. The third-order valence-corrected chi connectivity index (χ3v) is 4.98. The van der Waals surface area contributed by atoms with Crippen LogP contribution in [-0.4, -0.2) is 9.97 Å². The van der Waals surface area contributed by atoms with Crippen molar-refractivity contribution in [2.45, 2.75) is 12.8 Å². The lowest BCUT2D eigenvalue weighted by molar-refractivity contribution is 0.888. The van der Waals surface area contributed by atoms with Gasteiger partial charge in [-0.2, -0.15) is 0 Å². The van der Waals surface area contributed by atoms with E-state index < -0.39 is 0 Å². The van der Waals surface area contributed by atoms with Gasteiger partial charge in [-0.15, -0.1) is 0 Å². The van der Waals surface area contributed by atoms with Crippen molar-refractivity contribution in [2.24, 2.45) is 0 Å². The summed E-state index contributed by atoms with van der Waals surface area (Å²) in [6.07, 6.45) is 1.98. The van der Waals surface area contributed by atoms with Crippen LogP contribution in [0.5, 0.6) is 0 Å². The predicted molar refractivity (Wildman–Crippen MR) is 106 cm³/mol. The van der Waals surface area contributed by atoms with Crippen LogP contribution in [0.4, 0.5) is 0 Å². The number of benzene rings is 3. The molecule has 0 aliphatic heterocycles. The zero-order valence-corrected chi connectivity index (χ0v) is 14.4. The largest absolute Gasteiger partial charge is 0.232 e. The van der Waals surface area contributed by atoms with E-state index in [-0.39, 0.29) is 0 Å². The second-order valence-electron chi connectivity index (χ2n) is 6.61. The average molecular weight is 334 g/mol. The highest BCUT2D eigenvalue weighted by Crippen LogP contribution is 2.39. The monoisotopic (exact) mass is 334 g/mol. The Morgan fingerprint density at radius 2 is 1.23 bits per heavy atom. The van der Waals surface area contributed by atoms with Crippen LogP contribution < -0.4 is 0 Å². The molecule has 2 nitrogen and oxygen atoms in total. The molecule has 0 N–H and O–H groups in total. The molecule has 5 rings (SSSR count). The molecular weight excluding hydrogens is 316 g/mol. The minimum absolute atomic E-state index is 0.808. The smallest absolute Gasteiger partial charge is 0.160 e. The summed E-state index contributed by atoms with van der Waals surface area (Å²) in [7, 11) is 0. The molecule has 1 aliphatic rings. The van der Waals surface area contributed by atoms with Gasteiger partial charge in [0.15, 0.2) is 5.82 Å². The zero-order chi connectivity index (χ0) is 17.3. The number of rotatable bonds is 2. The molecule has 4 aromatic rings. The topological polar surface area (TPSA) is 25.8 Å². The Kier molecular flexibility index (Phi) is 3.60. The summed E-state index contributed by atoms with van der Waals surface area (Å²) < 4.78 is 0. The van der Waals surface area contributed by atoms with E-state index in [2.05, 4.69) is 60.7 Å². The van der Waals surface area contributed by atoms with Crippen molar-refractivity contribution < 1.29 is 0 Å². The summed E-state index contributed by atoms with van der Waals surface area (Å²) in [5, 5.41) is 0. The van der Waals surface area contributed by atoms with Crippen molar-refractivity contribution >= 4 is 0 Å². The third-order valence-electron chi connectivity index (χ3n) is 4.98. The van der Waals surface area contributed by atoms with Gasteiger partial charge in [0.05, 0.1) is 11.4 Å². The van der Waals surface area contributed by atoms with Crippen LogP contribution in [0.1, 0.15) is 11.3 Å². The molecule has 26 heavy (non-hydrogen) atoms. The predicted octanol–water partition coefficient (Wildman–Crippen LogP) is 5.58. The van der Waals surface area contributed by atoms with Gasteiger partial charge in [-0.3, -0.25) is 0 Å². The van der Waals surface area contributed by atoms with E-state index in [1.54, 1.807) is 0 Å². The molecule has 1 heterocycles. The average Bonchev–Trinajstić information content (AvgIpc) is 2.74. The maximum absolute atomic E-state index is 5.01. The lowest BCUT2D eigenvalue weighted by atomic mass is 9.86. The van der Waals surface area contributed by atoms with Gasteiger partial charge in [0.2, 0.25) is 0 Å². The van der Waals surface area contributed by atoms with Crippen LogP contribution in [-0.2, 0) is 12.8 Å². The Balaban J connectivity index is 1.81. The minimum Gasteiger partial charge on any atom is -0.232 e. The number of aromatic nitrogens is 2. The molecule has 0 spiro atoms. The SMILES string of the molecule is c1ccc(-c2nc3c(c(-c4ccccc4)n2)-c2ccccc2CC3)cc1. The molecule has 1 aliphatic carbocycles. The van der Waals surface area contributed by atoms with Crippen LogP contribution in [0.2, 0.25) is 0 Å². The maximum Gasteiger partial charge on any atom is 0.160 e. The number of hydrogen-bond acceptors (Lipinski definition) is 2. The first-order valence-corrected chi connectivity index (χ1v) is 9.00. The third kappa shape index (κ3) is 2.51.